The van der Waals surface area contributed by atoms with Crippen LogP contribution in [0, 0.1) is 0 Å². The van der Waals surface area contributed by atoms with Gasteiger partial charge in [0.25, 0.3) is 0 Å². The molecular weight excluding hydrogens is 254 g/mol. The van der Waals surface area contributed by atoms with Crippen LogP contribution in [-0.4, -0.2) is 25.2 Å². The summed E-state index contributed by atoms with van der Waals surface area (Å²) in [6, 6.07) is 0. The van der Waals surface area contributed by atoms with E-state index in [9.17, 15) is 0 Å². The first kappa shape index (κ1) is 8.76. The van der Waals surface area contributed by atoms with Gasteiger partial charge in [0.2, 0.25) is 0 Å². The molecule has 2 aromatic rings. The summed E-state index contributed by atoms with van der Waals surface area (Å²) in [5, 5.41) is 12.7. The van der Waals surface area contributed by atoms with Crippen LogP contribution in [0.25, 0.3) is 0 Å². The second kappa shape index (κ2) is 3.51. The first-order chi connectivity index (χ1) is 6.24. The lowest BCUT2D eigenvalue weighted by atomic mass is 10.4. The van der Waals surface area contributed by atoms with Crippen molar-refractivity contribution < 1.29 is 0 Å². The quantitative estimate of drug-likeness (QED) is 0.808. The lowest BCUT2D eigenvalue weighted by Gasteiger charge is -1.86. The van der Waals surface area contributed by atoms with Gasteiger partial charge in [-0.15, -0.1) is 21.5 Å². The van der Waals surface area contributed by atoms with Crippen LogP contribution in [0.4, 0.5) is 0 Å². The van der Waals surface area contributed by atoms with E-state index in [-0.39, 0.29) is 0 Å². The van der Waals surface area contributed by atoms with Crippen molar-refractivity contribution >= 4 is 27.3 Å². The predicted octanol–water partition coefficient (Wildman–Crippen LogP) is 1.02. The van der Waals surface area contributed by atoms with E-state index in [4.69, 9.17) is 0 Å². The van der Waals surface area contributed by atoms with Gasteiger partial charge in [0.1, 0.15) is 5.01 Å². The van der Waals surface area contributed by atoms with Crippen molar-refractivity contribution in [1.29, 1.82) is 0 Å². The molecular formula is C6H6BrN5S. The second-order valence-corrected chi connectivity index (χ2v) is 4.92. The largest absolute Gasteiger partial charge is 0.248 e. The molecule has 0 unspecified atom stereocenters. The zero-order chi connectivity index (χ0) is 9.26. The number of aromatic nitrogens is 5. The van der Waals surface area contributed by atoms with Gasteiger partial charge in [0.15, 0.2) is 5.82 Å². The fourth-order valence-corrected chi connectivity index (χ4v) is 2.20. The number of rotatable bonds is 2. The smallest absolute Gasteiger partial charge is 0.181 e. The highest BCUT2D eigenvalue weighted by Crippen LogP contribution is 2.20. The molecule has 2 rings (SSSR count). The molecule has 0 saturated heterocycles. The Morgan fingerprint density at radius 1 is 1.62 bits per heavy atom. The first-order valence-corrected chi connectivity index (χ1v) is 5.18. The zero-order valence-corrected chi connectivity index (χ0v) is 9.21. The van der Waals surface area contributed by atoms with Crippen molar-refractivity contribution in [3.05, 3.63) is 20.8 Å². The maximum Gasteiger partial charge on any atom is 0.181 e. The predicted molar refractivity (Wildman–Crippen MR) is 51.4 cm³/mol. The van der Waals surface area contributed by atoms with E-state index < -0.39 is 0 Å². The Balaban J connectivity index is 2.14. The van der Waals surface area contributed by atoms with Gasteiger partial charge < -0.3 is 0 Å². The van der Waals surface area contributed by atoms with Crippen LogP contribution >= 0.6 is 27.3 Å². The maximum absolute atomic E-state index is 4.17. The first-order valence-electron chi connectivity index (χ1n) is 3.57. The van der Waals surface area contributed by atoms with Crippen molar-refractivity contribution in [1.82, 2.24) is 25.2 Å². The Hall–Kier alpha value is -0.820. The van der Waals surface area contributed by atoms with E-state index in [0.29, 0.717) is 12.2 Å². The van der Waals surface area contributed by atoms with E-state index in [2.05, 4.69) is 36.3 Å². The van der Waals surface area contributed by atoms with E-state index >= 15 is 0 Å². The molecule has 0 aliphatic rings. The summed E-state index contributed by atoms with van der Waals surface area (Å²) in [7, 11) is 1.74. The van der Waals surface area contributed by atoms with Crippen LogP contribution in [0.2, 0.25) is 0 Å². The standard InChI is InChI=1S/C6H6BrN5S/c1-12-10-5(9-11-12)2-6-8-3-4(7)13-6/h3H,2H2,1H3. The number of aryl methyl sites for hydroxylation is 1. The normalized spacial score (nSPS) is 10.6. The van der Waals surface area contributed by atoms with E-state index in [1.807, 2.05) is 0 Å². The monoisotopic (exact) mass is 259 g/mol. The third-order valence-electron chi connectivity index (χ3n) is 1.38. The van der Waals surface area contributed by atoms with Gasteiger partial charge >= 0.3 is 0 Å². The Morgan fingerprint density at radius 3 is 3.00 bits per heavy atom. The minimum absolute atomic E-state index is 0.643. The molecule has 0 aliphatic heterocycles. The fraction of sp³-hybridized carbons (Fsp3) is 0.333. The number of thiazole rings is 1. The summed E-state index contributed by atoms with van der Waals surface area (Å²) < 4.78 is 1.02. The van der Waals surface area contributed by atoms with Gasteiger partial charge in [-0.1, -0.05) is 0 Å². The molecule has 2 aromatic heterocycles. The molecule has 0 saturated carbocycles. The molecule has 0 aromatic carbocycles. The summed E-state index contributed by atoms with van der Waals surface area (Å²) in [5.74, 6) is 0.698. The molecule has 2 heterocycles. The van der Waals surface area contributed by atoms with Crippen molar-refractivity contribution in [3.8, 4) is 0 Å². The van der Waals surface area contributed by atoms with Gasteiger partial charge in [0.05, 0.1) is 23.5 Å². The number of hydrogen-bond donors (Lipinski definition) is 0. The van der Waals surface area contributed by atoms with Crippen LogP contribution in [0.1, 0.15) is 10.8 Å². The molecule has 0 radical (unpaired) electrons. The average molecular weight is 260 g/mol. The number of halogens is 1. The third kappa shape index (κ3) is 2.10. The van der Waals surface area contributed by atoms with Gasteiger partial charge in [-0.3, -0.25) is 0 Å². The van der Waals surface area contributed by atoms with Crippen molar-refractivity contribution in [3.63, 3.8) is 0 Å². The average Bonchev–Trinajstić information content (AvgIpc) is 2.62. The Labute approximate surface area is 86.9 Å². The highest BCUT2D eigenvalue weighted by atomic mass is 79.9. The van der Waals surface area contributed by atoms with Gasteiger partial charge in [0, 0.05) is 0 Å². The molecule has 0 fully saturated rings. The molecule has 5 nitrogen and oxygen atoms in total. The highest BCUT2D eigenvalue weighted by molar-refractivity contribution is 9.11. The molecule has 0 atom stereocenters. The van der Waals surface area contributed by atoms with Crippen LogP contribution in [0.5, 0.6) is 0 Å². The molecule has 0 amide bonds. The van der Waals surface area contributed by atoms with Gasteiger partial charge in [-0.05, 0) is 21.1 Å². The number of tetrazole rings is 1. The Morgan fingerprint density at radius 2 is 2.46 bits per heavy atom. The summed E-state index contributed by atoms with van der Waals surface area (Å²) in [4.78, 5) is 5.62. The Bertz CT molecular complexity index is 370. The summed E-state index contributed by atoms with van der Waals surface area (Å²) in [5.41, 5.74) is 0. The third-order valence-corrected chi connectivity index (χ3v) is 2.86. The van der Waals surface area contributed by atoms with Crippen LogP contribution in [0.3, 0.4) is 0 Å². The lowest BCUT2D eigenvalue weighted by Crippen LogP contribution is -1.94. The van der Waals surface area contributed by atoms with E-state index in [1.165, 1.54) is 4.80 Å². The molecule has 0 N–H and O–H groups in total. The summed E-state index contributed by atoms with van der Waals surface area (Å²) in [6.07, 6.45) is 2.42. The molecule has 7 heteroatoms. The summed E-state index contributed by atoms with van der Waals surface area (Å²) >= 11 is 4.93. The topological polar surface area (TPSA) is 56.5 Å². The van der Waals surface area contributed by atoms with Crippen LogP contribution < -0.4 is 0 Å². The minimum atomic E-state index is 0.643. The lowest BCUT2D eigenvalue weighted by molar-refractivity contribution is 0.628. The zero-order valence-electron chi connectivity index (χ0n) is 6.81. The SMILES string of the molecule is Cn1nnc(Cc2ncc(Br)s2)n1. The maximum atomic E-state index is 4.17. The number of nitrogens with zero attached hydrogens (tertiary/aromatic N) is 5. The van der Waals surface area contributed by atoms with E-state index in [0.717, 1.165) is 8.79 Å². The molecule has 0 bridgehead atoms. The van der Waals surface area contributed by atoms with Crippen LogP contribution in [-0.2, 0) is 13.5 Å². The number of hydrogen-bond acceptors (Lipinski definition) is 5. The van der Waals surface area contributed by atoms with Crippen molar-refractivity contribution in [2.45, 2.75) is 6.42 Å². The highest BCUT2D eigenvalue weighted by Gasteiger charge is 2.05. The second-order valence-electron chi connectivity index (χ2n) is 2.43. The fourth-order valence-electron chi connectivity index (χ4n) is 0.899. The molecule has 0 aliphatic carbocycles. The minimum Gasteiger partial charge on any atom is -0.248 e. The van der Waals surface area contributed by atoms with Crippen molar-refractivity contribution in [2.24, 2.45) is 7.05 Å². The molecule has 68 valence electrons. The van der Waals surface area contributed by atoms with E-state index in [1.54, 1.807) is 24.6 Å². The van der Waals surface area contributed by atoms with Crippen molar-refractivity contribution in [2.75, 3.05) is 0 Å². The summed E-state index contributed by atoms with van der Waals surface area (Å²) in [6.45, 7) is 0. The van der Waals surface area contributed by atoms with Gasteiger partial charge in [-0.2, -0.15) is 4.80 Å². The molecule has 0 spiro atoms. The molecule has 13 heavy (non-hydrogen) atoms. The van der Waals surface area contributed by atoms with Gasteiger partial charge in [-0.25, -0.2) is 4.98 Å². The van der Waals surface area contributed by atoms with Crippen LogP contribution in [0.15, 0.2) is 9.98 Å². The Kier molecular flexibility index (Phi) is 2.36.